The summed E-state index contributed by atoms with van der Waals surface area (Å²) in [4.78, 5) is 25.6. The number of rotatable bonds is 7. The number of hydrogen-bond donors (Lipinski definition) is 2. The van der Waals surface area contributed by atoms with Gasteiger partial charge in [0.2, 0.25) is 5.91 Å². The minimum atomic E-state index is -0.389. The van der Waals surface area contributed by atoms with E-state index in [1.807, 2.05) is 0 Å². The Morgan fingerprint density at radius 2 is 1.87 bits per heavy atom. The fourth-order valence-electron chi connectivity index (χ4n) is 4.39. The molecule has 0 saturated heterocycles. The second-order valence-corrected chi connectivity index (χ2v) is 10.1. The van der Waals surface area contributed by atoms with Crippen molar-refractivity contribution in [3.05, 3.63) is 28.2 Å². The maximum absolute atomic E-state index is 12.3. The number of carbonyl (C=O) groups excluding carboxylic acids is 2. The van der Waals surface area contributed by atoms with Gasteiger partial charge in [0, 0.05) is 23.4 Å². The van der Waals surface area contributed by atoms with E-state index in [0.717, 1.165) is 55.9 Å². The van der Waals surface area contributed by atoms with Crippen LogP contribution in [0.2, 0.25) is 0 Å². The topological polar surface area (TPSA) is 88.9 Å². The highest BCUT2D eigenvalue weighted by molar-refractivity contribution is 7.99. The van der Waals surface area contributed by atoms with E-state index in [1.54, 1.807) is 11.3 Å². The van der Waals surface area contributed by atoms with Crippen molar-refractivity contribution in [1.82, 2.24) is 25.4 Å². The lowest BCUT2D eigenvalue weighted by Gasteiger charge is -2.25. The number of aromatic nitrogens is 3. The molecule has 2 aliphatic rings. The van der Waals surface area contributed by atoms with Gasteiger partial charge in [-0.05, 0) is 37.1 Å². The van der Waals surface area contributed by atoms with Gasteiger partial charge in [-0.25, -0.2) is 4.79 Å². The third-order valence-electron chi connectivity index (χ3n) is 5.86. The van der Waals surface area contributed by atoms with Gasteiger partial charge in [-0.15, -0.1) is 21.5 Å². The third-order valence-corrected chi connectivity index (χ3v) is 7.68. The standard InChI is InChI=1S/C21H29N5O2S2/c27-19(23-20(28)22-15-7-4-5-8-15)14-30-21-25-24-18(13-17-11-6-12-29-17)26(21)16-9-2-1-3-10-16/h6,11-12,15-16H,1-5,7-10,13-14H2,(H2,22,23,27,28). The number of amides is 3. The van der Waals surface area contributed by atoms with E-state index < -0.39 is 0 Å². The zero-order valence-electron chi connectivity index (χ0n) is 17.1. The second kappa shape index (κ2) is 10.4. The van der Waals surface area contributed by atoms with E-state index in [1.165, 1.54) is 35.9 Å². The maximum atomic E-state index is 12.3. The monoisotopic (exact) mass is 447 g/mol. The second-order valence-electron chi connectivity index (χ2n) is 8.11. The fraction of sp³-hybridized carbons (Fsp3) is 0.619. The SMILES string of the molecule is O=C(CSc1nnc(Cc2cccs2)n1C1CCCCC1)NC(=O)NC1CCCC1. The molecule has 2 aliphatic carbocycles. The number of urea groups is 1. The summed E-state index contributed by atoms with van der Waals surface area (Å²) in [6.45, 7) is 0. The molecule has 2 heterocycles. The van der Waals surface area contributed by atoms with Crippen LogP contribution < -0.4 is 10.6 Å². The first-order valence-corrected chi connectivity index (χ1v) is 12.7. The van der Waals surface area contributed by atoms with Gasteiger partial charge in [0.15, 0.2) is 5.16 Å². The summed E-state index contributed by atoms with van der Waals surface area (Å²) in [6.07, 6.45) is 11.0. The Bertz CT molecular complexity index is 840. The van der Waals surface area contributed by atoms with Crippen LogP contribution >= 0.6 is 23.1 Å². The Morgan fingerprint density at radius 1 is 1.10 bits per heavy atom. The minimum Gasteiger partial charge on any atom is -0.335 e. The van der Waals surface area contributed by atoms with Crippen LogP contribution in [0.1, 0.15) is 74.5 Å². The normalized spacial score (nSPS) is 17.9. The molecule has 2 aromatic heterocycles. The highest BCUT2D eigenvalue weighted by Gasteiger charge is 2.24. The van der Waals surface area contributed by atoms with Crippen LogP contribution in [-0.4, -0.2) is 38.5 Å². The summed E-state index contributed by atoms with van der Waals surface area (Å²) >= 11 is 3.09. The van der Waals surface area contributed by atoms with Crippen LogP contribution in [0, 0.1) is 0 Å². The van der Waals surface area contributed by atoms with Gasteiger partial charge in [0.25, 0.3) is 0 Å². The molecule has 2 saturated carbocycles. The van der Waals surface area contributed by atoms with Crippen molar-refractivity contribution < 1.29 is 9.59 Å². The van der Waals surface area contributed by atoms with E-state index in [0.29, 0.717) is 6.04 Å². The number of hydrogen-bond acceptors (Lipinski definition) is 6. The number of carbonyl (C=O) groups is 2. The summed E-state index contributed by atoms with van der Waals surface area (Å²) in [5.41, 5.74) is 0. The van der Waals surface area contributed by atoms with Crippen LogP contribution in [0.15, 0.2) is 22.7 Å². The highest BCUT2D eigenvalue weighted by Crippen LogP contribution is 2.33. The fourth-order valence-corrected chi connectivity index (χ4v) is 5.91. The van der Waals surface area contributed by atoms with Gasteiger partial charge >= 0.3 is 6.03 Å². The zero-order chi connectivity index (χ0) is 20.8. The highest BCUT2D eigenvalue weighted by atomic mass is 32.2. The molecule has 2 aromatic rings. The first-order chi connectivity index (χ1) is 14.7. The molecule has 2 fully saturated rings. The summed E-state index contributed by atoms with van der Waals surface area (Å²) in [6, 6.07) is 4.37. The van der Waals surface area contributed by atoms with Crippen LogP contribution in [-0.2, 0) is 11.2 Å². The van der Waals surface area contributed by atoms with E-state index in [2.05, 4.69) is 42.9 Å². The molecule has 0 atom stereocenters. The van der Waals surface area contributed by atoms with Crippen molar-refractivity contribution in [1.29, 1.82) is 0 Å². The van der Waals surface area contributed by atoms with E-state index in [9.17, 15) is 9.59 Å². The lowest BCUT2D eigenvalue weighted by atomic mass is 9.95. The molecule has 0 aromatic carbocycles. The van der Waals surface area contributed by atoms with Crippen molar-refractivity contribution in [2.24, 2.45) is 0 Å². The Balaban J connectivity index is 1.38. The molecule has 0 aliphatic heterocycles. The Labute approximate surface area is 185 Å². The van der Waals surface area contributed by atoms with Crippen LogP contribution in [0.3, 0.4) is 0 Å². The molecule has 0 spiro atoms. The number of nitrogens with one attached hydrogen (secondary N) is 2. The zero-order valence-corrected chi connectivity index (χ0v) is 18.8. The minimum absolute atomic E-state index is 0.155. The number of thioether (sulfide) groups is 1. The Hall–Kier alpha value is -1.87. The lowest BCUT2D eigenvalue weighted by molar-refractivity contribution is -0.117. The largest absolute Gasteiger partial charge is 0.335 e. The molecule has 162 valence electrons. The van der Waals surface area contributed by atoms with Crippen molar-refractivity contribution in [2.75, 3.05) is 5.75 Å². The average Bonchev–Trinajstić information content (AvgIpc) is 3.50. The van der Waals surface area contributed by atoms with Crippen molar-refractivity contribution in [2.45, 2.75) is 81.4 Å². The lowest BCUT2D eigenvalue weighted by Crippen LogP contribution is -2.44. The Kier molecular flexibility index (Phi) is 7.43. The molecular formula is C21H29N5O2S2. The smallest absolute Gasteiger partial charge is 0.321 e. The molecule has 2 N–H and O–H groups in total. The molecule has 0 unspecified atom stereocenters. The summed E-state index contributed by atoms with van der Waals surface area (Å²) < 4.78 is 2.25. The number of thiophene rings is 1. The van der Waals surface area contributed by atoms with Crippen molar-refractivity contribution in [3.63, 3.8) is 0 Å². The van der Waals surface area contributed by atoms with Crippen molar-refractivity contribution >= 4 is 35.0 Å². The molecule has 7 nitrogen and oxygen atoms in total. The summed E-state index contributed by atoms with van der Waals surface area (Å²) in [5.74, 6) is 0.821. The van der Waals surface area contributed by atoms with Crippen LogP contribution in [0.25, 0.3) is 0 Å². The van der Waals surface area contributed by atoms with E-state index in [4.69, 9.17) is 0 Å². The third kappa shape index (κ3) is 5.63. The number of imide groups is 1. The molecule has 0 radical (unpaired) electrons. The molecule has 0 bridgehead atoms. The van der Waals surface area contributed by atoms with Crippen LogP contribution in [0.4, 0.5) is 4.79 Å². The van der Waals surface area contributed by atoms with E-state index >= 15 is 0 Å². The first kappa shape index (κ1) is 21.4. The molecule has 3 amide bonds. The average molecular weight is 448 g/mol. The van der Waals surface area contributed by atoms with Gasteiger partial charge in [-0.1, -0.05) is 49.9 Å². The number of nitrogens with zero attached hydrogens (tertiary/aromatic N) is 3. The predicted octanol–water partition coefficient (Wildman–Crippen LogP) is 4.30. The summed E-state index contributed by atoms with van der Waals surface area (Å²) in [7, 11) is 0. The van der Waals surface area contributed by atoms with Crippen molar-refractivity contribution in [3.8, 4) is 0 Å². The molecule has 30 heavy (non-hydrogen) atoms. The predicted molar refractivity (Wildman–Crippen MR) is 119 cm³/mol. The van der Waals surface area contributed by atoms with Gasteiger partial charge in [0.1, 0.15) is 5.82 Å². The quantitative estimate of drug-likeness (QED) is 0.618. The molecule has 9 heteroatoms. The molecular weight excluding hydrogens is 418 g/mol. The van der Waals surface area contributed by atoms with Gasteiger partial charge in [-0.3, -0.25) is 10.1 Å². The van der Waals surface area contributed by atoms with Crippen LogP contribution in [0.5, 0.6) is 0 Å². The van der Waals surface area contributed by atoms with Gasteiger partial charge < -0.3 is 9.88 Å². The maximum Gasteiger partial charge on any atom is 0.321 e. The van der Waals surface area contributed by atoms with E-state index in [-0.39, 0.29) is 23.7 Å². The summed E-state index contributed by atoms with van der Waals surface area (Å²) in [5, 5.41) is 17.1. The molecule has 4 rings (SSSR count). The Morgan fingerprint density at radius 3 is 2.60 bits per heavy atom. The first-order valence-electron chi connectivity index (χ1n) is 10.9. The van der Waals surface area contributed by atoms with Gasteiger partial charge in [0.05, 0.1) is 5.75 Å². The van der Waals surface area contributed by atoms with Gasteiger partial charge in [-0.2, -0.15) is 0 Å².